The topological polar surface area (TPSA) is 80.9 Å². The van der Waals surface area contributed by atoms with E-state index in [9.17, 15) is 0 Å². The van der Waals surface area contributed by atoms with Gasteiger partial charge >= 0.3 is 0 Å². The summed E-state index contributed by atoms with van der Waals surface area (Å²) in [6.07, 6.45) is 1.56. The molecular weight excluding hydrogens is 240 g/mol. The summed E-state index contributed by atoms with van der Waals surface area (Å²) < 4.78 is 10.4. The number of thiocarbonyl (C=S) groups is 1. The van der Waals surface area contributed by atoms with Crippen molar-refractivity contribution in [1.82, 2.24) is 10.9 Å². The van der Waals surface area contributed by atoms with Gasteiger partial charge in [-0.15, -0.1) is 0 Å². The molecule has 0 saturated carbocycles. The third kappa shape index (κ3) is 3.58. The highest BCUT2D eigenvalue weighted by Crippen LogP contribution is 2.29. The zero-order chi connectivity index (χ0) is 12.7. The van der Waals surface area contributed by atoms with Gasteiger partial charge in [-0.05, 0) is 24.4 Å². The van der Waals surface area contributed by atoms with Gasteiger partial charge in [0.1, 0.15) is 0 Å². The van der Waals surface area contributed by atoms with Gasteiger partial charge in [-0.2, -0.15) is 5.10 Å². The molecule has 0 heterocycles. The lowest BCUT2D eigenvalue weighted by molar-refractivity contribution is 0.354. The van der Waals surface area contributed by atoms with Crippen LogP contribution in [-0.4, -0.2) is 25.5 Å². The molecule has 0 saturated heterocycles. The Bertz CT molecular complexity index is 423. The highest BCUT2D eigenvalue weighted by Gasteiger charge is 2.06. The first kappa shape index (κ1) is 13.2. The lowest BCUT2D eigenvalue weighted by atomic mass is 10.2. The predicted molar refractivity (Wildman–Crippen MR) is 70.2 cm³/mol. The molecule has 0 atom stereocenters. The van der Waals surface area contributed by atoms with Gasteiger partial charge in [0, 0.05) is 5.56 Å². The smallest absolute Gasteiger partial charge is 0.201 e. The summed E-state index contributed by atoms with van der Waals surface area (Å²) in [4.78, 5) is 0. The average molecular weight is 254 g/mol. The van der Waals surface area contributed by atoms with Crippen molar-refractivity contribution in [3.05, 3.63) is 23.8 Å². The van der Waals surface area contributed by atoms with E-state index in [4.69, 9.17) is 27.5 Å². The SMILES string of the molecule is COc1cccc(/C=N/NC(=S)NN)c1OC. The van der Waals surface area contributed by atoms with E-state index in [1.807, 2.05) is 12.1 Å². The first-order valence-corrected chi connectivity index (χ1v) is 5.14. The van der Waals surface area contributed by atoms with E-state index in [0.29, 0.717) is 11.5 Å². The second-order valence-electron chi connectivity index (χ2n) is 2.93. The molecule has 0 radical (unpaired) electrons. The Morgan fingerprint density at radius 1 is 1.41 bits per heavy atom. The monoisotopic (exact) mass is 254 g/mol. The van der Waals surface area contributed by atoms with Crippen molar-refractivity contribution < 1.29 is 9.47 Å². The normalized spacial score (nSPS) is 10.1. The van der Waals surface area contributed by atoms with E-state index in [0.717, 1.165) is 5.56 Å². The molecule has 17 heavy (non-hydrogen) atoms. The highest BCUT2D eigenvalue weighted by atomic mass is 32.1. The maximum atomic E-state index is 5.23. The van der Waals surface area contributed by atoms with Gasteiger partial charge in [-0.25, -0.2) is 5.84 Å². The molecule has 0 bridgehead atoms. The highest BCUT2D eigenvalue weighted by molar-refractivity contribution is 7.80. The quantitative estimate of drug-likeness (QED) is 0.312. The number of hydrogen-bond donors (Lipinski definition) is 3. The van der Waals surface area contributed by atoms with Crippen LogP contribution in [0.3, 0.4) is 0 Å². The number of nitrogens with two attached hydrogens (primary N) is 1. The van der Waals surface area contributed by atoms with Crippen molar-refractivity contribution in [2.24, 2.45) is 10.9 Å². The average Bonchev–Trinajstić information content (AvgIpc) is 2.37. The van der Waals surface area contributed by atoms with Gasteiger partial charge in [0.05, 0.1) is 20.4 Å². The Labute approximate surface area is 105 Å². The maximum absolute atomic E-state index is 5.23. The second-order valence-corrected chi connectivity index (χ2v) is 3.33. The Balaban J connectivity index is 2.86. The number of ether oxygens (including phenoxy) is 2. The molecule has 1 aromatic rings. The van der Waals surface area contributed by atoms with Crippen LogP contribution in [0.1, 0.15) is 5.56 Å². The van der Waals surface area contributed by atoms with Crippen LogP contribution >= 0.6 is 12.2 Å². The first-order chi connectivity index (χ1) is 8.22. The minimum atomic E-state index is 0.225. The molecule has 0 aliphatic carbocycles. The molecule has 0 spiro atoms. The number of nitrogens with zero attached hydrogens (tertiary/aromatic N) is 1. The van der Waals surface area contributed by atoms with Gasteiger partial charge in [0.25, 0.3) is 0 Å². The molecule has 6 nitrogen and oxygen atoms in total. The van der Waals surface area contributed by atoms with Crippen LogP contribution in [0, 0.1) is 0 Å². The zero-order valence-corrected chi connectivity index (χ0v) is 10.4. The Kier molecular flexibility index (Phi) is 5.18. The number of rotatable bonds is 4. The summed E-state index contributed by atoms with van der Waals surface area (Å²) in [6, 6.07) is 5.48. The van der Waals surface area contributed by atoms with Gasteiger partial charge in [-0.3, -0.25) is 10.9 Å². The van der Waals surface area contributed by atoms with Crippen LogP contribution in [0.4, 0.5) is 0 Å². The summed E-state index contributed by atoms with van der Waals surface area (Å²) in [5, 5.41) is 4.13. The Morgan fingerprint density at radius 3 is 2.76 bits per heavy atom. The number of para-hydroxylation sites is 1. The molecular formula is C10H14N4O2S. The number of hydrogen-bond acceptors (Lipinski definition) is 5. The van der Waals surface area contributed by atoms with Crippen molar-refractivity contribution in [3.8, 4) is 11.5 Å². The Hall–Kier alpha value is -1.86. The third-order valence-electron chi connectivity index (χ3n) is 1.93. The lowest BCUT2D eigenvalue weighted by Gasteiger charge is -2.09. The molecule has 0 unspecified atom stereocenters. The molecule has 0 amide bonds. The van der Waals surface area contributed by atoms with E-state index in [1.165, 1.54) is 0 Å². The van der Waals surface area contributed by atoms with E-state index < -0.39 is 0 Å². The number of methoxy groups -OCH3 is 2. The Morgan fingerprint density at radius 2 is 2.18 bits per heavy atom. The van der Waals surface area contributed by atoms with Gasteiger partial charge in [-0.1, -0.05) is 6.07 Å². The second kappa shape index (κ2) is 6.66. The standard InChI is InChI=1S/C10H14N4O2S/c1-15-8-5-3-4-7(9(8)16-2)6-12-14-10(17)13-11/h3-6H,11H2,1-2H3,(H2,13,14,17)/b12-6+. The van der Waals surface area contributed by atoms with E-state index in [-0.39, 0.29) is 5.11 Å². The summed E-state index contributed by atoms with van der Waals surface area (Å²) in [7, 11) is 3.14. The van der Waals surface area contributed by atoms with Crippen LogP contribution in [0.25, 0.3) is 0 Å². The summed E-state index contributed by atoms with van der Waals surface area (Å²) in [5.74, 6) is 6.32. The molecule has 0 aliphatic rings. The largest absolute Gasteiger partial charge is 0.493 e. The van der Waals surface area contributed by atoms with Crippen LogP contribution < -0.4 is 26.2 Å². The molecule has 7 heteroatoms. The number of hydrazone groups is 1. The van der Waals surface area contributed by atoms with Gasteiger partial charge < -0.3 is 9.47 Å². The minimum Gasteiger partial charge on any atom is -0.493 e. The molecule has 1 rings (SSSR count). The van der Waals surface area contributed by atoms with Crippen molar-refractivity contribution in [2.75, 3.05) is 14.2 Å². The predicted octanol–water partition coefficient (Wildman–Crippen LogP) is 0.375. The van der Waals surface area contributed by atoms with Crippen LogP contribution in [0.15, 0.2) is 23.3 Å². The maximum Gasteiger partial charge on any atom is 0.201 e. The van der Waals surface area contributed by atoms with Gasteiger partial charge in [0.2, 0.25) is 5.11 Å². The van der Waals surface area contributed by atoms with Gasteiger partial charge in [0.15, 0.2) is 11.5 Å². The molecule has 1 aromatic carbocycles. The number of benzene rings is 1. The van der Waals surface area contributed by atoms with E-state index in [1.54, 1.807) is 26.5 Å². The molecule has 0 aliphatic heterocycles. The van der Waals surface area contributed by atoms with Crippen LogP contribution in [0.2, 0.25) is 0 Å². The number of hydrazine groups is 1. The van der Waals surface area contributed by atoms with Crippen molar-refractivity contribution in [2.45, 2.75) is 0 Å². The van der Waals surface area contributed by atoms with Crippen LogP contribution in [-0.2, 0) is 0 Å². The molecule has 0 fully saturated rings. The van der Waals surface area contributed by atoms with Crippen LogP contribution in [0.5, 0.6) is 11.5 Å². The van der Waals surface area contributed by atoms with Crippen molar-refractivity contribution in [1.29, 1.82) is 0 Å². The summed E-state index contributed by atoms with van der Waals surface area (Å²) in [6.45, 7) is 0. The summed E-state index contributed by atoms with van der Waals surface area (Å²) in [5.41, 5.74) is 5.55. The number of nitrogens with one attached hydrogen (secondary N) is 2. The fraction of sp³-hybridized carbons (Fsp3) is 0.200. The zero-order valence-electron chi connectivity index (χ0n) is 9.56. The fourth-order valence-corrected chi connectivity index (χ4v) is 1.26. The summed E-state index contributed by atoms with van der Waals surface area (Å²) >= 11 is 4.76. The lowest BCUT2D eigenvalue weighted by Crippen LogP contribution is -2.37. The van der Waals surface area contributed by atoms with E-state index >= 15 is 0 Å². The molecule has 92 valence electrons. The molecule has 0 aromatic heterocycles. The minimum absolute atomic E-state index is 0.225. The van der Waals surface area contributed by atoms with E-state index in [2.05, 4.69) is 16.0 Å². The molecule has 4 N–H and O–H groups in total. The first-order valence-electron chi connectivity index (χ1n) is 4.73. The fourth-order valence-electron chi connectivity index (χ4n) is 1.21. The van der Waals surface area contributed by atoms with Crippen molar-refractivity contribution >= 4 is 23.5 Å². The van der Waals surface area contributed by atoms with Crippen molar-refractivity contribution in [3.63, 3.8) is 0 Å². The third-order valence-corrected chi connectivity index (χ3v) is 2.14.